The van der Waals surface area contributed by atoms with Gasteiger partial charge in [-0.1, -0.05) is 5.57 Å². The molecule has 3 heteroatoms. The molecule has 13 heavy (non-hydrogen) atoms. The lowest BCUT2D eigenvalue weighted by Gasteiger charge is -2.15. The number of hydrogen-bond acceptors (Lipinski definition) is 3. The zero-order valence-corrected chi connectivity index (χ0v) is 7.85. The van der Waals surface area contributed by atoms with Gasteiger partial charge in [-0.2, -0.15) is 0 Å². The number of rotatable bonds is 0. The van der Waals surface area contributed by atoms with Gasteiger partial charge in [0.2, 0.25) is 0 Å². The normalized spacial score (nSPS) is 33.4. The molecular formula is C10H12O3. The van der Waals surface area contributed by atoms with Crippen LogP contribution in [0.1, 0.15) is 26.7 Å². The zero-order chi connectivity index (χ0) is 9.64. The van der Waals surface area contributed by atoms with Crippen molar-refractivity contribution in [2.24, 2.45) is 5.41 Å². The molecule has 1 atom stereocenters. The molecule has 1 heterocycles. The van der Waals surface area contributed by atoms with E-state index in [0.29, 0.717) is 19.4 Å². The van der Waals surface area contributed by atoms with E-state index >= 15 is 0 Å². The van der Waals surface area contributed by atoms with Crippen molar-refractivity contribution in [1.29, 1.82) is 0 Å². The number of ketones is 1. The molecule has 1 saturated heterocycles. The van der Waals surface area contributed by atoms with Crippen molar-refractivity contribution in [3.8, 4) is 0 Å². The predicted molar refractivity (Wildman–Crippen MR) is 46.0 cm³/mol. The number of esters is 1. The third-order valence-electron chi connectivity index (χ3n) is 3.14. The molecule has 0 unspecified atom stereocenters. The Morgan fingerprint density at radius 3 is 2.38 bits per heavy atom. The average molecular weight is 180 g/mol. The number of ether oxygens (including phenoxy) is 1. The van der Waals surface area contributed by atoms with Crippen LogP contribution >= 0.6 is 0 Å². The van der Waals surface area contributed by atoms with Crippen LogP contribution in [0.25, 0.3) is 0 Å². The van der Waals surface area contributed by atoms with E-state index in [-0.39, 0.29) is 11.8 Å². The Hall–Kier alpha value is -1.12. The maximum absolute atomic E-state index is 11.8. The molecule has 2 aliphatic rings. The van der Waals surface area contributed by atoms with Crippen LogP contribution in [-0.4, -0.2) is 18.4 Å². The summed E-state index contributed by atoms with van der Waals surface area (Å²) < 4.78 is 4.87. The van der Waals surface area contributed by atoms with Crippen LogP contribution in [0.15, 0.2) is 11.1 Å². The topological polar surface area (TPSA) is 43.4 Å². The Labute approximate surface area is 76.8 Å². The maximum Gasteiger partial charge on any atom is 0.320 e. The largest absolute Gasteiger partial charge is 0.465 e. The zero-order valence-electron chi connectivity index (χ0n) is 7.85. The van der Waals surface area contributed by atoms with Crippen molar-refractivity contribution in [2.75, 3.05) is 6.61 Å². The van der Waals surface area contributed by atoms with Crippen molar-refractivity contribution in [3.05, 3.63) is 11.1 Å². The Morgan fingerprint density at radius 1 is 1.31 bits per heavy atom. The van der Waals surface area contributed by atoms with Crippen molar-refractivity contribution >= 4 is 11.8 Å². The van der Waals surface area contributed by atoms with Crippen LogP contribution < -0.4 is 0 Å². The highest BCUT2D eigenvalue weighted by molar-refractivity contribution is 6.15. The van der Waals surface area contributed by atoms with Gasteiger partial charge in [0, 0.05) is 6.42 Å². The van der Waals surface area contributed by atoms with Gasteiger partial charge in [-0.25, -0.2) is 0 Å². The molecule has 1 aliphatic carbocycles. The monoisotopic (exact) mass is 180 g/mol. The molecule has 0 radical (unpaired) electrons. The first kappa shape index (κ1) is 8.48. The first-order valence-corrected chi connectivity index (χ1v) is 4.46. The molecule has 0 N–H and O–H groups in total. The lowest BCUT2D eigenvalue weighted by Crippen LogP contribution is -2.32. The quantitative estimate of drug-likeness (QED) is 0.416. The molecule has 1 aliphatic heterocycles. The van der Waals surface area contributed by atoms with Gasteiger partial charge >= 0.3 is 5.97 Å². The van der Waals surface area contributed by atoms with Gasteiger partial charge in [0.25, 0.3) is 0 Å². The summed E-state index contributed by atoms with van der Waals surface area (Å²) in [4.78, 5) is 23.2. The minimum atomic E-state index is -0.825. The molecule has 2 rings (SSSR count). The summed E-state index contributed by atoms with van der Waals surface area (Å²) in [7, 11) is 0. The van der Waals surface area contributed by atoms with E-state index in [1.807, 2.05) is 6.92 Å². The van der Waals surface area contributed by atoms with Gasteiger partial charge in [-0.15, -0.1) is 0 Å². The minimum Gasteiger partial charge on any atom is -0.465 e. The molecule has 1 spiro atoms. The van der Waals surface area contributed by atoms with E-state index in [2.05, 4.69) is 0 Å². The van der Waals surface area contributed by atoms with Crippen molar-refractivity contribution in [3.63, 3.8) is 0 Å². The lowest BCUT2D eigenvalue weighted by atomic mass is 9.81. The summed E-state index contributed by atoms with van der Waals surface area (Å²) in [6, 6.07) is 0. The van der Waals surface area contributed by atoms with Gasteiger partial charge in [0.1, 0.15) is 5.41 Å². The van der Waals surface area contributed by atoms with Crippen LogP contribution in [0.3, 0.4) is 0 Å². The Morgan fingerprint density at radius 2 is 2.00 bits per heavy atom. The molecule has 0 aromatic heterocycles. The number of cyclic esters (lactones) is 1. The fourth-order valence-corrected chi connectivity index (χ4v) is 2.14. The van der Waals surface area contributed by atoms with E-state index < -0.39 is 5.41 Å². The third-order valence-corrected chi connectivity index (χ3v) is 3.14. The number of carbonyl (C=O) groups excluding carboxylic acids is 2. The second kappa shape index (κ2) is 2.44. The van der Waals surface area contributed by atoms with E-state index in [4.69, 9.17) is 4.74 Å². The second-order valence-corrected chi connectivity index (χ2v) is 3.88. The molecule has 0 saturated carbocycles. The smallest absolute Gasteiger partial charge is 0.320 e. The number of Topliss-reactive ketones (excluding diaryl/α,β-unsaturated/α-hetero) is 1. The maximum atomic E-state index is 11.8. The Kier molecular flexibility index (Phi) is 1.59. The van der Waals surface area contributed by atoms with Crippen LogP contribution in [0, 0.1) is 5.41 Å². The predicted octanol–water partition coefficient (Wildman–Crippen LogP) is 1.23. The third kappa shape index (κ3) is 0.900. The standard InChI is InChI=1S/C10H12O3/c1-6-5-10(8(11)7(6)2)3-4-13-9(10)12/h3-5H2,1-2H3/t10-/m1/s1. The molecule has 0 bridgehead atoms. The van der Waals surface area contributed by atoms with E-state index in [1.54, 1.807) is 6.92 Å². The Balaban J connectivity index is 2.41. The van der Waals surface area contributed by atoms with E-state index in [1.165, 1.54) is 0 Å². The van der Waals surface area contributed by atoms with Gasteiger partial charge in [0.05, 0.1) is 6.61 Å². The highest BCUT2D eigenvalue weighted by Crippen LogP contribution is 2.45. The molecular weight excluding hydrogens is 168 g/mol. The highest BCUT2D eigenvalue weighted by Gasteiger charge is 2.54. The van der Waals surface area contributed by atoms with Gasteiger partial charge in [0.15, 0.2) is 5.78 Å². The van der Waals surface area contributed by atoms with Gasteiger partial charge in [-0.05, 0) is 25.8 Å². The summed E-state index contributed by atoms with van der Waals surface area (Å²) in [6.45, 7) is 4.09. The van der Waals surface area contributed by atoms with Crippen molar-refractivity contribution in [2.45, 2.75) is 26.7 Å². The SMILES string of the molecule is CC1=C(C)C(=O)[C@@]2(CCOC2=O)C1. The molecule has 70 valence electrons. The van der Waals surface area contributed by atoms with Gasteiger partial charge in [-0.3, -0.25) is 9.59 Å². The molecule has 0 amide bonds. The molecule has 0 aromatic carbocycles. The average Bonchev–Trinajstić information content (AvgIpc) is 2.54. The van der Waals surface area contributed by atoms with E-state index in [0.717, 1.165) is 11.1 Å². The first-order valence-electron chi connectivity index (χ1n) is 4.46. The van der Waals surface area contributed by atoms with Crippen molar-refractivity contribution < 1.29 is 14.3 Å². The molecule has 3 nitrogen and oxygen atoms in total. The summed E-state index contributed by atoms with van der Waals surface area (Å²) in [5.74, 6) is -0.346. The van der Waals surface area contributed by atoms with Crippen LogP contribution in [0.5, 0.6) is 0 Å². The van der Waals surface area contributed by atoms with Crippen molar-refractivity contribution in [1.82, 2.24) is 0 Å². The number of hydrogen-bond donors (Lipinski definition) is 0. The fraction of sp³-hybridized carbons (Fsp3) is 0.600. The summed E-state index contributed by atoms with van der Waals surface area (Å²) in [5, 5.41) is 0. The lowest BCUT2D eigenvalue weighted by molar-refractivity contribution is -0.149. The van der Waals surface area contributed by atoms with Crippen LogP contribution in [0.4, 0.5) is 0 Å². The van der Waals surface area contributed by atoms with Gasteiger partial charge < -0.3 is 4.74 Å². The Bertz CT molecular complexity index is 327. The second-order valence-electron chi connectivity index (χ2n) is 3.88. The minimum absolute atomic E-state index is 0.0208. The van der Waals surface area contributed by atoms with Crippen LogP contribution in [-0.2, 0) is 14.3 Å². The molecule has 0 aromatic rings. The summed E-state index contributed by atoms with van der Waals surface area (Å²) in [5.41, 5.74) is 0.955. The van der Waals surface area contributed by atoms with Crippen LogP contribution in [0.2, 0.25) is 0 Å². The first-order chi connectivity index (χ1) is 6.08. The summed E-state index contributed by atoms with van der Waals surface area (Å²) >= 11 is 0. The number of allylic oxidation sites excluding steroid dienone is 2. The van der Waals surface area contributed by atoms with E-state index in [9.17, 15) is 9.59 Å². The fourth-order valence-electron chi connectivity index (χ4n) is 2.14. The highest BCUT2D eigenvalue weighted by atomic mass is 16.5. The number of carbonyl (C=O) groups is 2. The summed E-state index contributed by atoms with van der Waals surface area (Å²) in [6.07, 6.45) is 1.12. The molecule has 1 fully saturated rings.